The summed E-state index contributed by atoms with van der Waals surface area (Å²) in [5, 5.41) is 15.5. The average Bonchev–Trinajstić information content (AvgIpc) is 2.59. The van der Waals surface area contributed by atoms with E-state index in [1.807, 2.05) is 6.92 Å². The topological polar surface area (TPSA) is 161 Å². The highest BCUT2D eigenvalue weighted by Gasteiger charge is 2.16. The molecule has 1 atom stereocenters. The Morgan fingerprint density at radius 1 is 1.35 bits per heavy atom. The van der Waals surface area contributed by atoms with Crippen molar-refractivity contribution in [3.8, 4) is 0 Å². The van der Waals surface area contributed by atoms with E-state index in [9.17, 15) is 9.59 Å². The maximum atomic E-state index is 12.9. The minimum Gasteiger partial charge on any atom is -0.386 e. The van der Waals surface area contributed by atoms with E-state index in [1.165, 1.54) is 28.1 Å². The molecule has 11 heteroatoms. The van der Waals surface area contributed by atoms with Crippen molar-refractivity contribution in [2.24, 2.45) is 16.7 Å². The fraction of sp³-hybridized carbons (Fsp3) is 0.333. The van der Waals surface area contributed by atoms with Crippen LogP contribution in [0.4, 0.5) is 0 Å². The molecule has 0 aliphatic carbocycles. The predicted molar refractivity (Wildman–Crippen MR) is 97.2 cm³/mol. The van der Waals surface area contributed by atoms with Gasteiger partial charge in [-0.25, -0.2) is 21.0 Å². The molecule has 5 N–H and O–H groups in total. The van der Waals surface area contributed by atoms with E-state index < -0.39 is 0 Å². The molecule has 3 aromatic rings. The van der Waals surface area contributed by atoms with Gasteiger partial charge in [0.25, 0.3) is 11.1 Å². The van der Waals surface area contributed by atoms with E-state index in [-0.39, 0.29) is 23.7 Å². The second kappa shape index (κ2) is 6.88. The van der Waals surface area contributed by atoms with Crippen LogP contribution in [0.25, 0.3) is 21.8 Å². The van der Waals surface area contributed by atoms with Gasteiger partial charge in [-0.3, -0.25) is 14.2 Å². The molecule has 1 aromatic carbocycles. The summed E-state index contributed by atoms with van der Waals surface area (Å²) in [7, 11) is 0. The zero-order chi connectivity index (χ0) is 18.8. The van der Waals surface area contributed by atoms with E-state index in [0.717, 1.165) is 0 Å². The van der Waals surface area contributed by atoms with Crippen LogP contribution >= 0.6 is 0 Å². The first-order valence-corrected chi connectivity index (χ1v) is 7.99. The summed E-state index contributed by atoms with van der Waals surface area (Å²) in [5.74, 6) is 6.14. The zero-order valence-corrected chi connectivity index (χ0v) is 14.4. The highest BCUT2D eigenvalue weighted by atomic mass is 16.1. The number of benzene rings is 1. The first-order valence-electron chi connectivity index (χ1n) is 7.99. The number of hydrogen-bond acceptors (Lipinski definition) is 8. The van der Waals surface area contributed by atoms with Gasteiger partial charge >= 0.3 is 0 Å². The first kappa shape index (κ1) is 17.5. The Hall–Kier alpha value is -3.34. The van der Waals surface area contributed by atoms with Gasteiger partial charge in [-0.15, -0.1) is 10.2 Å². The van der Waals surface area contributed by atoms with Crippen molar-refractivity contribution in [3.63, 3.8) is 0 Å². The van der Waals surface area contributed by atoms with Crippen LogP contribution < -0.4 is 22.7 Å². The Labute approximate surface area is 147 Å². The molecule has 2 heterocycles. The van der Waals surface area contributed by atoms with E-state index in [2.05, 4.69) is 25.5 Å². The lowest BCUT2D eigenvalue weighted by atomic mass is 10.1. The van der Waals surface area contributed by atoms with Crippen LogP contribution in [0, 0.1) is 0 Å². The Morgan fingerprint density at radius 2 is 2.08 bits per heavy atom. The maximum absolute atomic E-state index is 12.9. The van der Waals surface area contributed by atoms with Crippen LogP contribution in [-0.2, 0) is 0 Å². The van der Waals surface area contributed by atoms with Crippen LogP contribution in [0.15, 0.2) is 33.2 Å². The van der Waals surface area contributed by atoms with Crippen molar-refractivity contribution >= 4 is 27.6 Å². The molecular formula is C15H19N9O2. The fourth-order valence-electron chi connectivity index (χ4n) is 2.75. The largest absolute Gasteiger partial charge is 0.386 e. The van der Waals surface area contributed by atoms with Gasteiger partial charge in [-0.1, -0.05) is 12.1 Å². The fourth-order valence-corrected chi connectivity index (χ4v) is 2.75. The second-order valence-electron chi connectivity index (χ2n) is 5.91. The predicted octanol–water partition coefficient (Wildman–Crippen LogP) is -0.553. The SMILES string of the molecule is CC[C@H](CN(N)/N=C(/C)N)n1cnc2cc3c(=O)[nH]nnc3cc2c1=O. The number of nitrogens with zero attached hydrogens (tertiary/aromatic N) is 6. The normalized spacial score (nSPS) is 13.3. The summed E-state index contributed by atoms with van der Waals surface area (Å²) < 4.78 is 1.50. The molecule has 0 spiro atoms. The number of hydrazine groups is 1. The lowest BCUT2D eigenvalue weighted by molar-refractivity contribution is 0.240. The van der Waals surface area contributed by atoms with Crippen LogP contribution in [0.5, 0.6) is 0 Å². The number of hydrazone groups is 1. The van der Waals surface area contributed by atoms with Crippen LogP contribution in [0.1, 0.15) is 26.3 Å². The summed E-state index contributed by atoms with van der Waals surface area (Å²) in [5.41, 5.74) is 5.62. The molecule has 0 aliphatic heterocycles. The zero-order valence-electron chi connectivity index (χ0n) is 14.4. The molecular weight excluding hydrogens is 338 g/mol. The third-order valence-corrected chi connectivity index (χ3v) is 4.00. The Morgan fingerprint density at radius 3 is 2.77 bits per heavy atom. The van der Waals surface area contributed by atoms with E-state index in [1.54, 1.807) is 6.92 Å². The Balaban J connectivity index is 2.10. The van der Waals surface area contributed by atoms with Crippen LogP contribution in [0.2, 0.25) is 0 Å². The molecule has 0 aliphatic rings. The summed E-state index contributed by atoms with van der Waals surface area (Å²) in [4.78, 5) is 29.1. The molecule has 0 saturated carbocycles. The number of fused-ring (bicyclic) bond motifs is 2. The molecule has 136 valence electrons. The molecule has 0 radical (unpaired) electrons. The molecule has 11 nitrogen and oxygen atoms in total. The maximum Gasteiger partial charge on any atom is 0.275 e. The highest BCUT2D eigenvalue weighted by molar-refractivity contribution is 5.93. The van der Waals surface area contributed by atoms with E-state index in [4.69, 9.17) is 11.6 Å². The minimum atomic E-state index is -0.386. The molecule has 0 saturated heterocycles. The molecule has 26 heavy (non-hydrogen) atoms. The third-order valence-electron chi connectivity index (χ3n) is 4.00. The summed E-state index contributed by atoms with van der Waals surface area (Å²) in [6.07, 6.45) is 2.08. The van der Waals surface area contributed by atoms with Gasteiger partial charge in [-0.05, 0) is 25.5 Å². The number of H-pyrrole nitrogens is 1. The highest BCUT2D eigenvalue weighted by Crippen LogP contribution is 2.16. The lowest BCUT2D eigenvalue weighted by Crippen LogP contribution is -2.37. The standard InChI is InChI=1S/C15H19N9O2/c1-3-9(6-24(17)21-8(2)16)23-7-18-12-4-10-13(5-11(12)15(23)26)19-22-20-14(10)25/h4-5,7,9H,3,6,17H2,1-2H3,(H2,16,21)(H,19,20,25)/t9-/m1/s1. The summed E-state index contributed by atoms with van der Waals surface area (Å²) in [6, 6.07) is 2.80. The number of nitrogens with one attached hydrogen (secondary N) is 1. The Bertz CT molecular complexity index is 1100. The molecule has 0 unspecified atom stereocenters. The van der Waals surface area contributed by atoms with Gasteiger partial charge in [0.1, 0.15) is 11.4 Å². The Kier molecular flexibility index (Phi) is 4.63. The van der Waals surface area contributed by atoms with Crippen molar-refractivity contribution < 1.29 is 0 Å². The summed E-state index contributed by atoms with van der Waals surface area (Å²) >= 11 is 0. The van der Waals surface area contributed by atoms with Gasteiger partial charge in [0.15, 0.2) is 0 Å². The number of aromatic amines is 1. The van der Waals surface area contributed by atoms with Gasteiger partial charge in [0, 0.05) is 0 Å². The third kappa shape index (κ3) is 3.24. The minimum absolute atomic E-state index is 0.256. The average molecular weight is 357 g/mol. The van der Waals surface area contributed by atoms with E-state index >= 15 is 0 Å². The van der Waals surface area contributed by atoms with Crippen molar-refractivity contribution in [2.75, 3.05) is 6.54 Å². The van der Waals surface area contributed by atoms with Gasteiger partial charge < -0.3 is 5.73 Å². The van der Waals surface area contributed by atoms with E-state index in [0.29, 0.717) is 34.1 Å². The van der Waals surface area contributed by atoms with Crippen LogP contribution in [0.3, 0.4) is 0 Å². The smallest absolute Gasteiger partial charge is 0.275 e. The molecule has 0 amide bonds. The van der Waals surface area contributed by atoms with Crippen molar-refractivity contribution in [1.29, 1.82) is 0 Å². The summed E-state index contributed by atoms with van der Waals surface area (Å²) in [6.45, 7) is 3.84. The second-order valence-corrected chi connectivity index (χ2v) is 5.91. The monoisotopic (exact) mass is 357 g/mol. The molecule has 3 rings (SSSR count). The number of hydrogen-bond donors (Lipinski definition) is 3. The van der Waals surface area contributed by atoms with Crippen LogP contribution in [-0.4, -0.2) is 42.5 Å². The number of aromatic nitrogens is 5. The van der Waals surface area contributed by atoms with Gasteiger partial charge in [0.05, 0.1) is 35.2 Å². The first-order chi connectivity index (χ1) is 12.4. The van der Waals surface area contributed by atoms with Crippen molar-refractivity contribution in [1.82, 2.24) is 30.1 Å². The van der Waals surface area contributed by atoms with Crippen molar-refractivity contribution in [3.05, 3.63) is 39.2 Å². The lowest BCUT2D eigenvalue weighted by Gasteiger charge is -2.22. The number of nitrogens with two attached hydrogens (primary N) is 2. The van der Waals surface area contributed by atoms with Gasteiger partial charge in [-0.2, -0.15) is 0 Å². The van der Waals surface area contributed by atoms with Gasteiger partial charge in [0.2, 0.25) is 0 Å². The number of amidine groups is 1. The molecule has 2 aromatic heterocycles. The number of rotatable bonds is 5. The quantitative estimate of drug-likeness (QED) is 0.180. The van der Waals surface area contributed by atoms with Crippen molar-refractivity contribution in [2.45, 2.75) is 26.3 Å². The molecule has 0 bridgehead atoms. The molecule has 0 fully saturated rings.